The van der Waals surface area contributed by atoms with Crippen LogP contribution in [0.25, 0.3) is 5.69 Å². The van der Waals surface area contributed by atoms with Crippen molar-refractivity contribution in [1.82, 2.24) is 9.78 Å². The van der Waals surface area contributed by atoms with Gasteiger partial charge >= 0.3 is 0 Å². The number of carbonyl (C=O) groups excluding carboxylic acids is 1. The lowest BCUT2D eigenvalue weighted by Crippen LogP contribution is -2.25. The van der Waals surface area contributed by atoms with Crippen molar-refractivity contribution < 1.29 is 14.6 Å². The molecule has 0 aliphatic heterocycles. The Bertz CT molecular complexity index is 1090. The minimum Gasteiger partial charge on any atom is -0.505 e. The third kappa shape index (κ3) is 5.94. The number of benzene rings is 2. The number of nitrogens with one attached hydrogen (secondary N) is 1. The minimum absolute atomic E-state index is 0.239. The van der Waals surface area contributed by atoms with Crippen LogP contribution in [0.1, 0.15) is 48.7 Å². The second kappa shape index (κ2) is 10.4. The first-order valence-electron chi connectivity index (χ1n) is 10.4. The van der Waals surface area contributed by atoms with Gasteiger partial charge in [-0.3, -0.25) is 9.59 Å². The maximum absolute atomic E-state index is 12.7. The molecule has 7 heteroatoms. The van der Waals surface area contributed by atoms with Crippen LogP contribution >= 0.6 is 0 Å². The first-order valence-corrected chi connectivity index (χ1v) is 10.4. The molecule has 7 nitrogen and oxygen atoms in total. The molecule has 1 heterocycles. The number of rotatable bonds is 9. The normalized spacial score (nSPS) is 10.6. The van der Waals surface area contributed by atoms with E-state index in [4.69, 9.17) is 4.74 Å². The largest absolute Gasteiger partial charge is 0.505 e. The molecular weight excluding hydrogens is 394 g/mol. The molecule has 1 aromatic heterocycles. The highest BCUT2D eigenvalue weighted by Crippen LogP contribution is 2.19. The highest BCUT2D eigenvalue weighted by atomic mass is 16.5. The van der Waals surface area contributed by atoms with Gasteiger partial charge in [-0.05, 0) is 55.3 Å². The van der Waals surface area contributed by atoms with E-state index in [-0.39, 0.29) is 5.69 Å². The molecule has 0 aliphatic carbocycles. The van der Waals surface area contributed by atoms with Crippen molar-refractivity contribution in [1.29, 1.82) is 0 Å². The van der Waals surface area contributed by atoms with E-state index in [2.05, 4.69) is 17.3 Å². The molecule has 3 rings (SSSR count). The number of hydrogen-bond donors (Lipinski definition) is 2. The number of nitrogens with zero attached hydrogens (tertiary/aromatic N) is 2. The zero-order valence-electron chi connectivity index (χ0n) is 17.8. The van der Waals surface area contributed by atoms with Crippen LogP contribution in [0.3, 0.4) is 0 Å². The fourth-order valence-electron chi connectivity index (χ4n) is 3.10. The average Bonchev–Trinajstić information content (AvgIpc) is 2.74. The summed E-state index contributed by atoms with van der Waals surface area (Å²) >= 11 is 0. The molecule has 0 atom stereocenters. The van der Waals surface area contributed by atoms with E-state index in [1.54, 1.807) is 42.5 Å². The molecule has 1 amide bonds. The Morgan fingerprint density at radius 2 is 1.87 bits per heavy atom. The molecular formula is C24H27N3O4. The minimum atomic E-state index is -0.618. The zero-order valence-corrected chi connectivity index (χ0v) is 17.8. The van der Waals surface area contributed by atoms with E-state index < -0.39 is 17.2 Å². The third-order valence-electron chi connectivity index (χ3n) is 4.75. The topological polar surface area (TPSA) is 93.5 Å². The molecule has 31 heavy (non-hydrogen) atoms. The number of aryl methyl sites for hydroxylation is 1. The number of carbonyl (C=O) groups is 1. The lowest BCUT2D eigenvalue weighted by Gasteiger charge is -2.11. The van der Waals surface area contributed by atoms with Gasteiger partial charge in [0.2, 0.25) is 0 Å². The molecule has 2 aromatic carbocycles. The molecule has 0 radical (unpaired) electrons. The van der Waals surface area contributed by atoms with E-state index in [0.29, 0.717) is 18.0 Å². The Morgan fingerprint density at radius 1 is 1.10 bits per heavy atom. The summed E-state index contributed by atoms with van der Waals surface area (Å²) in [6.07, 6.45) is 4.54. The zero-order chi connectivity index (χ0) is 22.2. The van der Waals surface area contributed by atoms with E-state index in [0.717, 1.165) is 34.9 Å². The fraction of sp³-hybridized carbons (Fsp3) is 0.292. The molecule has 162 valence electrons. The number of aromatic nitrogens is 2. The Kier molecular flexibility index (Phi) is 7.43. The van der Waals surface area contributed by atoms with Crippen LogP contribution in [0.4, 0.5) is 5.69 Å². The standard InChI is InChI=1S/C24H27N3O4/c1-3-4-5-6-14-31-20-12-10-18(11-13-20)25-24(30)23-21(28)16-22(29)27(26-23)19-9-7-8-17(2)15-19/h7-13,15-16,28H,3-6,14H2,1-2H3,(H,25,30). The number of amides is 1. The predicted molar refractivity (Wildman–Crippen MR) is 120 cm³/mol. The van der Waals surface area contributed by atoms with Gasteiger partial charge in [0.15, 0.2) is 11.4 Å². The van der Waals surface area contributed by atoms with Gasteiger partial charge in [-0.1, -0.05) is 38.3 Å². The first kappa shape index (κ1) is 22.1. The molecule has 0 saturated heterocycles. The van der Waals surface area contributed by atoms with Crippen molar-refractivity contribution in [2.24, 2.45) is 0 Å². The summed E-state index contributed by atoms with van der Waals surface area (Å²) < 4.78 is 6.80. The van der Waals surface area contributed by atoms with Crippen LogP contribution in [0.2, 0.25) is 0 Å². The van der Waals surface area contributed by atoms with Gasteiger partial charge in [0.1, 0.15) is 5.75 Å². The van der Waals surface area contributed by atoms with Crippen LogP contribution < -0.4 is 15.6 Å². The number of ether oxygens (including phenoxy) is 1. The fourth-order valence-corrected chi connectivity index (χ4v) is 3.10. The molecule has 3 aromatic rings. The average molecular weight is 421 g/mol. The lowest BCUT2D eigenvalue weighted by molar-refractivity contribution is 0.101. The molecule has 0 aliphatic rings. The first-order chi connectivity index (χ1) is 15.0. The molecule has 0 saturated carbocycles. The van der Waals surface area contributed by atoms with Crippen LogP contribution in [0, 0.1) is 6.92 Å². The van der Waals surface area contributed by atoms with Gasteiger partial charge in [0.25, 0.3) is 11.5 Å². The van der Waals surface area contributed by atoms with Crippen molar-refractivity contribution in [3.63, 3.8) is 0 Å². The van der Waals surface area contributed by atoms with Crippen molar-refractivity contribution in [2.75, 3.05) is 11.9 Å². The van der Waals surface area contributed by atoms with Crippen LogP contribution in [0.15, 0.2) is 59.4 Å². The van der Waals surface area contributed by atoms with Crippen molar-refractivity contribution in [3.8, 4) is 17.2 Å². The third-order valence-corrected chi connectivity index (χ3v) is 4.75. The van der Waals surface area contributed by atoms with Gasteiger partial charge < -0.3 is 15.2 Å². The summed E-state index contributed by atoms with van der Waals surface area (Å²) in [6.45, 7) is 4.71. The van der Waals surface area contributed by atoms with Crippen LogP contribution in [-0.4, -0.2) is 27.4 Å². The quantitative estimate of drug-likeness (QED) is 0.498. The van der Waals surface area contributed by atoms with Gasteiger partial charge in [0.05, 0.1) is 12.3 Å². The summed E-state index contributed by atoms with van der Waals surface area (Å²) in [6, 6.07) is 15.1. The summed E-state index contributed by atoms with van der Waals surface area (Å²) in [5.74, 6) is -0.367. The maximum atomic E-state index is 12.7. The highest BCUT2D eigenvalue weighted by Gasteiger charge is 2.17. The van der Waals surface area contributed by atoms with Crippen molar-refractivity contribution >= 4 is 11.6 Å². The number of anilines is 1. The summed E-state index contributed by atoms with van der Waals surface area (Å²) in [5, 5.41) is 16.9. The number of unbranched alkanes of at least 4 members (excludes halogenated alkanes) is 3. The Hall–Kier alpha value is -3.61. The maximum Gasteiger partial charge on any atom is 0.279 e. The SMILES string of the molecule is CCCCCCOc1ccc(NC(=O)c2nn(-c3cccc(C)c3)c(=O)cc2O)cc1. The number of hydrogen-bond acceptors (Lipinski definition) is 5. The molecule has 0 unspecified atom stereocenters. The second-order valence-corrected chi connectivity index (χ2v) is 7.35. The van der Waals surface area contributed by atoms with E-state index >= 15 is 0 Å². The van der Waals surface area contributed by atoms with Gasteiger partial charge in [-0.15, -0.1) is 0 Å². The van der Waals surface area contributed by atoms with Crippen LogP contribution in [0.5, 0.6) is 11.5 Å². The van der Waals surface area contributed by atoms with Crippen LogP contribution in [-0.2, 0) is 0 Å². The lowest BCUT2D eigenvalue weighted by atomic mass is 10.2. The van der Waals surface area contributed by atoms with E-state index in [9.17, 15) is 14.7 Å². The summed E-state index contributed by atoms with van der Waals surface area (Å²) in [5.41, 5.74) is 1.22. The summed E-state index contributed by atoms with van der Waals surface area (Å²) in [7, 11) is 0. The Morgan fingerprint density at radius 3 is 2.58 bits per heavy atom. The van der Waals surface area contributed by atoms with E-state index in [1.807, 2.05) is 13.0 Å². The number of aromatic hydroxyl groups is 1. The Labute approximate surface area is 181 Å². The molecule has 0 spiro atoms. The van der Waals surface area contributed by atoms with Gasteiger partial charge in [0, 0.05) is 11.8 Å². The smallest absolute Gasteiger partial charge is 0.279 e. The second-order valence-electron chi connectivity index (χ2n) is 7.35. The van der Waals surface area contributed by atoms with Crippen molar-refractivity contribution in [3.05, 3.63) is 76.2 Å². The van der Waals surface area contributed by atoms with Crippen molar-refractivity contribution in [2.45, 2.75) is 39.5 Å². The predicted octanol–water partition coefficient (Wildman–Crippen LogP) is 4.46. The molecule has 2 N–H and O–H groups in total. The van der Waals surface area contributed by atoms with E-state index in [1.165, 1.54) is 12.8 Å². The summed E-state index contributed by atoms with van der Waals surface area (Å²) in [4.78, 5) is 24.9. The Balaban J connectivity index is 1.70. The molecule has 0 bridgehead atoms. The van der Waals surface area contributed by atoms with Gasteiger partial charge in [-0.2, -0.15) is 9.78 Å². The van der Waals surface area contributed by atoms with Gasteiger partial charge in [-0.25, -0.2) is 0 Å². The molecule has 0 fully saturated rings. The monoisotopic (exact) mass is 421 g/mol. The highest BCUT2D eigenvalue weighted by molar-refractivity contribution is 6.04.